The summed E-state index contributed by atoms with van der Waals surface area (Å²) in [6.45, 7) is -0.544. The quantitative estimate of drug-likeness (QED) is 0.806. The predicted octanol–water partition coefficient (Wildman–Crippen LogP) is 2.91. The molecule has 4 nitrogen and oxygen atoms in total. The molecule has 0 saturated carbocycles. The summed E-state index contributed by atoms with van der Waals surface area (Å²) in [5.74, 6) is -0.104. The molecule has 1 heterocycles. The third-order valence-electron chi connectivity index (χ3n) is 4.67. The van der Waals surface area contributed by atoms with E-state index in [2.05, 4.69) is 0 Å². The summed E-state index contributed by atoms with van der Waals surface area (Å²) in [7, 11) is 0. The fourth-order valence-corrected chi connectivity index (χ4v) is 3.63. The Hall–Kier alpha value is -2.54. The molecule has 0 atom stereocenters. The van der Waals surface area contributed by atoms with Gasteiger partial charge in [-0.1, -0.05) is 42.5 Å². The van der Waals surface area contributed by atoms with Crippen LogP contribution in [0.2, 0.25) is 0 Å². The van der Waals surface area contributed by atoms with Crippen molar-refractivity contribution in [1.29, 1.82) is 0 Å². The van der Waals surface area contributed by atoms with E-state index in [9.17, 15) is 18.0 Å². The number of benzene rings is 2. The molecule has 1 fully saturated rings. The molecule has 1 saturated heterocycles. The molecule has 1 aliphatic rings. The second-order valence-corrected chi connectivity index (χ2v) is 6.99. The van der Waals surface area contributed by atoms with Crippen molar-refractivity contribution >= 4 is 5.91 Å². The highest BCUT2D eigenvalue weighted by molar-refractivity contribution is 5.75. The zero-order chi connectivity index (χ0) is 19.5. The lowest BCUT2D eigenvalue weighted by Crippen LogP contribution is -2.62. The summed E-state index contributed by atoms with van der Waals surface area (Å²) < 4.78 is 43.6. The molecule has 0 bridgehead atoms. The molecule has 3 rings (SSSR count). The summed E-state index contributed by atoms with van der Waals surface area (Å²) in [5, 5.41) is 0. The molecule has 2 N–H and O–H groups in total. The Morgan fingerprint density at radius 2 is 1.81 bits per heavy atom. The highest BCUT2D eigenvalue weighted by Crippen LogP contribution is 2.40. The number of rotatable bonds is 7. The van der Waals surface area contributed by atoms with Gasteiger partial charge in [0.15, 0.2) is 6.61 Å². The van der Waals surface area contributed by atoms with Crippen molar-refractivity contribution in [3.63, 3.8) is 0 Å². The first-order valence-electron chi connectivity index (χ1n) is 8.60. The van der Waals surface area contributed by atoms with Crippen LogP contribution in [0.25, 0.3) is 0 Å². The predicted molar refractivity (Wildman–Crippen MR) is 95.5 cm³/mol. The van der Waals surface area contributed by atoms with Crippen molar-refractivity contribution in [2.45, 2.75) is 18.0 Å². The second-order valence-electron chi connectivity index (χ2n) is 6.99. The monoisotopic (exact) mass is 378 g/mol. The van der Waals surface area contributed by atoms with Crippen LogP contribution in [-0.4, -0.2) is 43.2 Å². The standard InChI is InChI=1S/C20H21F3N2O2/c21-20(22,23)14-25-12-19(13-25,10-15-5-2-1-3-6-15)16-7-4-8-17(9-16)27-11-18(24)26/h1-9H,10-14H2,(H2,24,26). The largest absolute Gasteiger partial charge is 0.484 e. The molecule has 1 amide bonds. The van der Waals surface area contributed by atoms with Crippen molar-refractivity contribution in [1.82, 2.24) is 4.90 Å². The van der Waals surface area contributed by atoms with Gasteiger partial charge in [0.25, 0.3) is 5.91 Å². The lowest BCUT2D eigenvalue weighted by Gasteiger charge is -2.51. The summed E-state index contributed by atoms with van der Waals surface area (Å²) in [6, 6.07) is 16.9. The summed E-state index contributed by atoms with van der Waals surface area (Å²) in [6.07, 6.45) is -3.59. The lowest BCUT2D eigenvalue weighted by atomic mass is 9.69. The number of carbonyl (C=O) groups excluding carboxylic acids is 1. The second kappa shape index (κ2) is 7.60. The molecule has 0 unspecified atom stereocenters. The van der Waals surface area contributed by atoms with Gasteiger partial charge in [0.1, 0.15) is 5.75 Å². The fraction of sp³-hybridized carbons (Fsp3) is 0.350. The van der Waals surface area contributed by atoms with Crippen LogP contribution in [0, 0.1) is 0 Å². The summed E-state index contributed by atoms with van der Waals surface area (Å²) in [4.78, 5) is 12.3. The van der Waals surface area contributed by atoms with E-state index in [1.165, 1.54) is 4.90 Å². The minimum atomic E-state index is -4.22. The Morgan fingerprint density at radius 1 is 1.11 bits per heavy atom. The van der Waals surface area contributed by atoms with Gasteiger partial charge in [0.05, 0.1) is 6.54 Å². The molecular formula is C20H21F3N2O2. The van der Waals surface area contributed by atoms with Crippen LogP contribution in [0.4, 0.5) is 13.2 Å². The lowest BCUT2D eigenvalue weighted by molar-refractivity contribution is -0.161. The van der Waals surface area contributed by atoms with Crippen molar-refractivity contribution in [2.75, 3.05) is 26.2 Å². The van der Waals surface area contributed by atoms with Gasteiger partial charge in [-0.2, -0.15) is 13.2 Å². The number of likely N-dealkylation sites (tertiary alicyclic amines) is 1. The Kier molecular flexibility index (Phi) is 5.41. The van der Waals surface area contributed by atoms with Crippen LogP contribution in [0.5, 0.6) is 5.75 Å². The third-order valence-corrected chi connectivity index (χ3v) is 4.67. The number of amides is 1. The molecule has 7 heteroatoms. The van der Waals surface area contributed by atoms with Crippen LogP contribution >= 0.6 is 0 Å². The van der Waals surface area contributed by atoms with Crippen LogP contribution in [0.15, 0.2) is 54.6 Å². The highest BCUT2D eigenvalue weighted by Gasteiger charge is 2.47. The average molecular weight is 378 g/mol. The first kappa shape index (κ1) is 19.2. The van der Waals surface area contributed by atoms with E-state index >= 15 is 0 Å². The molecule has 0 spiro atoms. The highest BCUT2D eigenvalue weighted by atomic mass is 19.4. The maximum atomic E-state index is 12.7. The third kappa shape index (κ3) is 5.01. The molecule has 0 aromatic heterocycles. The zero-order valence-electron chi connectivity index (χ0n) is 14.7. The Labute approximate surface area is 155 Å². The van der Waals surface area contributed by atoms with Crippen LogP contribution in [-0.2, 0) is 16.6 Å². The van der Waals surface area contributed by atoms with Crippen molar-refractivity contribution in [3.05, 3.63) is 65.7 Å². The van der Waals surface area contributed by atoms with E-state index < -0.39 is 24.0 Å². The average Bonchev–Trinajstić information content (AvgIpc) is 2.58. The number of nitrogens with two attached hydrogens (primary N) is 1. The number of hydrogen-bond donors (Lipinski definition) is 1. The van der Waals surface area contributed by atoms with Crippen LogP contribution in [0.1, 0.15) is 11.1 Å². The van der Waals surface area contributed by atoms with Gasteiger partial charge in [-0.25, -0.2) is 0 Å². The topological polar surface area (TPSA) is 55.6 Å². The molecule has 0 aliphatic carbocycles. The molecule has 2 aromatic carbocycles. The fourth-order valence-electron chi connectivity index (χ4n) is 3.63. The van der Waals surface area contributed by atoms with Gasteiger partial charge in [0.2, 0.25) is 0 Å². The Bertz CT molecular complexity index is 787. The van der Waals surface area contributed by atoms with E-state index in [0.717, 1.165) is 11.1 Å². The van der Waals surface area contributed by atoms with Crippen molar-refractivity contribution in [2.24, 2.45) is 5.73 Å². The van der Waals surface area contributed by atoms with Gasteiger partial charge < -0.3 is 10.5 Å². The zero-order valence-corrected chi connectivity index (χ0v) is 14.7. The van der Waals surface area contributed by atoms with Gasteiger partial charge in [0, 0.05) is 18.5 Å². The first-order chi connectivity index (χ1) is 12.8. The molecular weight excluding hydrogens is 357 g/mol. The summed E-state index contributed by atoms with van der Waals surface area (Å²) in [5.41, 5.74) is 6.63. The smallest absolute Gasteiger partial charge is 0.401 e. The SMILES string of the molecule is NC(=O)COc1cccc(C2(Cc3ccccc3)CN(CC(F)(F)F)C2)c1. The van der Waals surface area contributed by atoms with Crippen LogP contribution < -0.4 is 10.5 Å². The number of primary amides is 1. The van der Waals surface area contributed by atoms with Crippen molar-refractivity contribution < 1.29 is 22.7 Å². The van der Waals surface area contributed by atoms with Gasteiger partial charge in [-0.15, -0.1) is 0 Å². The molecule has 27 heavy (non-hydrogen) atoms. The van der Waals surface area contributed by atoms with Gasteiger partial charge in [-0.3, -0.25) is 9.69 Å². The number of carbonyl (C=O) groups is 1. The minimum absolute atomic E-state index is 0.241. The number of alkyl halides is 3. The van der Waals surface area contributed by atoms with E-state index in [0.29, 0.717) is 25.3 Å². The van der Waals surface area contributed by atoms with E-state index in [1.54, 1.807) is 18.2 Å². The minimum Gasteiger partial charge on any atom is -0.484 e. The molecule has 2 aromatic rings. The van der Waals surface area contributed by atoms with Gasteiger partial charge >= 0.3 is 6.18 Å². The van der Waals surface area contributed by atoms with Crippen molar-refractivity contribution in [3.8, 4) is 5.75 Å². The van der Waals surface area contributed by atoms with Crippen LogP contribution in [0.3, 0.4) is 0 Å². The number of nitrogens with zero attached hydrogens (tertiary/aromatic N) is 1. The number of ether oxygens (including phenoxy) is 1. The Morgan fingerprint density at radius 3 is 2.44 bits per heavy atom. The molecule has 0 radical (unpaired) electrons. The number of hydrogen-bond acceptors (Lipinski definition) is 3. The van der Waals surface area contributed by atoms with E-state index in [-0.39, 0.29) is 6.61 Å². The van der Waals surface area contributed by atoms with E-state index in [4.69, 9.17) is 10.5 Å². The Balaban J connectivity index is 1.83. The van der Waals surface area contributed by atoms with E-state index in [1.807, 2.05) is 36.4 Å². The summed E-state index contributed by atoms with van der Waals surface area (Å²) >= 11 is 0. The number of halogens is 3. The maximum absolute atomic E-state index is 12.7. The normalized spacial score (nSPS) is 16.6. The molecule has 144 valence electrons. The maximum Gasteiger partial charge on any atom is 0.401 e. The first-order valence-corrected chi connectivity index (χ1v) is 8.60. The van der Waals surface area contributed by atoms with Gasteiger partial charge in [-0.05, 0) is 29.7 Å². The molecule has 1 aliphatic heterocycles.